The predicted octanol–water partition coefficient (Wildman–Crippen LogP) is 5.73. The standard InChI is InChI=1S/C18H13Br2ClN2O2/c1-10-3-4-14(21)8-16(10)23-18(24)12(9-22)5-11-6-13(19)7-15(20)17(11)25-2/h3-8H,1-2H3,(H,23,24)/b12-5+. The highest BCUT2D eigenvalue weighted by Gasteiger charge is 2.14. The highest BCUT2D eigenvalue weighted by Crippen LogP contribution is 2.34. The van der Waals surface area contributed by atoms with Crippen LogP contribution >= 0.6 is 43.5 Å². The number of aryl methyl sites for hydroxylation is 1. The summed E-state index contributed by atoms with van der Waals surface area (Å²) < 4.78 is 6.83. The first-order valence-electron chi connectivity index (χ1n) is 7.08. The zero-order valence-corrected chi connectivity index (χ0v) is 17.3. The van der Waals surface area contributed by atoms with Crippen molar-refractivity contribution in [3.8, 4) is 11.8 Å². The highest BCUT2D eigenvalue weighted by molar-refractivity contribution is 9.11. The molecule has 1 N–H and O–H groups in total. The first kappa shape index (κ1) is 19.5. The summed E-state index contributed by atoms with van der Waals surface area (Å²) in [6.45, 7) is 1.84. The van der Waals surface area contributed by atoms with Crippen molar-refractivity contribution in [3.63, 3.8) is 0 Å². The van der Waals surface area contributed by atoms with Gasteiger partial charge < -0.3 is 10.1 Å². The molecule has 0 bridgehead atoms. The average molecular weight is 485 g/mol. The molecule has 25 heavy (non-hydrogen) atoms. The first-order chi connectivity index (χ1) is 11.8. The van der Waals surface area contributed by atoms with E-state index in [0.29, 0.717) is 26.5 Å². The lowest BCUT2D eigenvalue weighted by Gasteiger charge is -2.10. The van der Waals surface area contributed by atoms with E-state index in [1.54, 1.807) is 24.3 Å². The Morgan fingerprint density at radius 3 is 2.68 bits per heavy atom. The Morgan fingerprint density at radius 2 is 2.04 bits per heavy atom. The summed E-state index contributed by atoms with van der Waals surface area (Å²) >= 11 is 12.7. The van der Waals surface area contributed by atoms with Crippen LogP contribution in [0.15, 0.2) is 44.9 Å². The van der Waals surface area contributed by atoms with Gasteiger partial charge in [-0.15, -0.1) is 0 Å². The number of carbonyl (C=O) groups is 1. The maximum absolute atomic E-state index is 12.5. The summed E-state index contributed by atoms with van der Waals surface area (Å²) in [6.07, 6.45) is 1.48. The van der Waals surface area contributed by atoms with E-state index in [4.69, 9.17) is 16.3 Å². The van der Waals surface area contributed by atoms with Crippen LogP contribution in [0, 0.1) is 18.3 Å². The topological polar surface area (TPSA) is 62.1 Å². The predicted molar refractivity (Wildman–Crippen MR) is 107 cm³/mol. The van der Waals surface area contributed by atoms with E-state index in [-0.39, 0.29) is 5.57 Å². The van der Waals surface area contributed by atoms with Gasteiger partial charge in [0.25, 0.3) is 5.91 Å². The Bertz CT molecular complexity index is 905. The van der Waals surface area contributed by atoms with Gasteiger partial charge in [-0.2, -0.15) is 5.26 Å². The van der Waals surface area contributed by atoms with Crippen LogP contribution in [0.2, 0.25) is 5.02 Å². The molecule has 0 saturated heterocycles. The normalized spacial score (nSPS) is 11.0. The molecule has 128 valence electrons. The molecule has 0 aromatic heterocycles. The van der Waals surface area contributed by atoms with Crippen molar-refractivity contribution < 1.29 is 9.53 Å². The van der Waals surface area contributed by atoms with Crippen LogP contribution in [-0.2, 0) is 4.79 Å². The number of hydrogen-bond donors (Lipinski definition) is 1. The molecule has 0 heterocycles. The molecular weight excluding hydrogens is 471 g/mol. The van der Waals surface area contributed by atoms with Gasteiger partial charge in [-0.25, -0.2) is 0 Å². The zero-order valence-electron chi connectivity index (χ0n) is 13.4. The minimum absolute atomic E-state index is 0.0531. The molecule has 0 unspecified atom stereocenters. The number of methoxy groups -OCH3 is 1. The first-order valence-corrected chi connectivity index (χ1v) is 9.04. The van der Waals surface area contributed by atoms with Crippen molar-refractivity contribution in [1.29, 1.82) is 5.26 Å². The number of rotatable bonds is 4. The van der Waals surface area contributed by atoms with Crippen molar-refractivity contribution in [2.45, 2.75) is 6.92 Å². The van der Waals surface area contributed by atoms with E-state index in [9.17, 15) is 10.1 Å². The molecule has 4 nitrogen and oxygen atoms in total. The maximum Gasteiger partial charge on any atom is 0.266 e. The smallest absolute Gasteiger partial charge is 0.266 e. The summed E-state index contributed by atoms with van der Waals surface area (Å²) in [5.41, 5.74) is 1.94. The van der Waals surface area contributed by atoms with Crippen LogP contribution < -0.4 is 10.1 Å². The monoisotopic (exact) mass is 482 g/mol. The molecule has 7 heteroatoms. The fourth-order valence-corrected chi connectivity index (χ4v) is 3.72. The number of nitrogens with one attached hydrogen (secondary N) is 1. The minimum Gasteiger partial charge on any atom is -0.495 e. The lowest BCUT2D eigenvalue weighted by Crippen LogP contribution is -2.14. The molecule has 0 aliphatic heterocycles. The Balaban J connectivity index is 2.40. The van der Waals surface area contributed by atoms with Gasteiger partial charge in [-0.05, 0) is 58.8 Å². The number of nitrogens with zero attached hydrogens (tertiary/aromatic N) is 1. The Labute approximate surface area is 167 Å². The summed E-state index contributed by atoms with van der Waals surface area (Å²) in [5.74, 6) is 0.00806. The maximum atomic E-state index is 12.5. The second-order valence-electron chi connectivity index (χ2n) is 5.09. The van der Waals surface area contributed by atoms with E-state index in [1.807, 2.05) is 19.1 Å². The minimum atomic E-state index is -0.522. The number of ether oxygens (including phenoxy) is 1. The van der Waals surface area contributed by atoms with Gasteiger partial charge >= 0.3 is 0 Å². The summed E-state index contributed by atoms with van der Waals surface area (Å²) in [4.78, 5) is 12.5. The van der Waals surface area contributed by atoms with Crippen molar-refractivity contribution in [2.75, 3.05) is 12.4 Å². The molecule has 2 aromatic carbocycles. The number of carbonyl (C=O) groups excluding carboxylic acids is 1. The molecule has 0 aliphatic carbocycles. The zero-order chi connectivity index (χ0) is 18.6. The van der Waals surface area contributed by atoms with E-state index in [0.717, 1.165) is 10.0 Å². The lowest BCUT2D eigenvalue weighted by molar-refractivity contribution is -0.112. The summed E-state index contributed by atoms with van der Waals surface area (Å²) in [7, 11) is 1.52. The van der Waals surface area contributed by atoms with E-state index >= 15 is 0 Å². The van der Waals surface area contributed by atoms with Gasteiger partial charge in [-0.1, -0.05) is 33.6 Å². The molecule has 1 amide bonds. The third-order valence-electron chi connectivity index (χ3n) is 3.35. The Kier molecular flexibility index (Phi) is 6.65. The van der Waals surface area contributed by atoms with E-state index in [2.05, 4.69) is 37.2 Å². The summed E-state index contributed by atoms with van der Waals surface area (Å²) in [6, 6.07) is 10.7. The van der Waals surface area contributed by atoms with E-state index < -0.39 is 5.91 Å². The van der Waals surface area contributed by atoms with Crippen LogP contribution in [0.3, 0.4) is 0 Å². The Morgan fingerprint density at radius 1 is 1.32 bits per heavy atom. The number of benzene rings is 2. The fourth-order valence-electron chi connectivity index (χ4n) is 2.13. The van der Waals surface area contributed by atoms with Gasteiger partial charge in [0.05, 0.1) is 11.6 Å². The second kappa shape index (κ2) is 8.52. The molecule has 0 aliphatic rings. The van der Waals surface area contributed by atoms with Crippen LogP contribution in [0.25, 0.3) is 6.08 Å². The quantitative estimate of drug-likeness (QED) is 0.446. The van der Waals surface area contributed by atoms with Crippen molar-refractivity contribution >= 4 is 61.1 Å². The van der Waals surface area contributed by atoms with Crippen LogP contribution in [0.5, 0.6) is 5.75 Å². The SMILES string of the molecule is COc1c(Br)cc(Br)cc1/C=C(\C#N)C(=O)Nc1cc(Cl)ccc1C. The molecule has 0 fully saturated rings. The number of anilines is 1. The Hall–Kier alpha value is -1.81. The molecule has 2 rings (SSSR count). The third kappa shape index (κ3) is 4.85. The van der Waals surface area contributed by atoms with Gasteiger partial charge in [0, 0.05) is 20.7 Å². The number of halogens is 3. The van der Waals surface area contributed by atoms with E-state index in [1.165, 1.54) is 13.2 Å². The van der Waals surface area contributed by atoms with Crippen LogP contribution in [0.1, 0.15) is 11.1 Å². The molecule has 0 spiro atoms. The number of amides is 1. The van der Waals surface area contributed by atoms with Crippen LogP contribution in [-0.4, -0.2) is 13.0 Å². The number of nitriles is 1. The molecule has 0 saturated carbocycles. The molecule has 0 radical (unpaired) electrons. The summed E-state index contributed by atoms with van der Waals surface area (Å²) in [5, 5.41) is 12.6. The third-order valence-corrected chi connectivity index (χ3v) is 4.64. The number of hydrogen-bond acceptors (Lipinski definition) is 3. The van der Waals surface area contributed by atoms with Gasteiger partial charge in [0.2, 0.25) is 0 Å². The second-order valence-corrected chi connectivity index (χ2v) is 7.30. The average Bonchev–Trinajstić information content (AvgIpc) is 2.55. The molecule has 0 atom stereocenters. The fraction of sp³-hybridized carbons (Fsp3) is 0.111. The van der Waals surface area contributed by atoms with Crippen molar-refractivity contribution in [1.82, 2.24) is 0 Å². The van der Waals surface area contributed by atoms with Gasteiger partial charge in [0.1, 0.15) is 17.4 Å². The van der Waals surface area contributed by atoms with Crippen LogP contribution in [0.4, 0.5) is 5.69 Å². The molecule has 2 aromatic rings. The van der Waals surface area contributed by atoms with Gasteiger partial charge in [0.15, 0.2) is 0 Å². The largest absolute Gasteiger partial charge is 0.495 e. The lowest BCUT2D eigenvalue weighted by atomic mass is 10.1. The molecular formula is C18H13Br2ClN2O2. The van der Waals surface area contributed by atoms with Gasteiger partial charge in [-0.3, -0.25) is 4.79 Å². The van der Waals surface area contributed by atoms with Crippen molar-refractivity contribution in [2.24, 2.45) is 0 Å². The highest BCUT2D eigenvalue weighted by atomic mass is 79.9. The van der Waals surface area contributed by atoms with Crippen molar-refractivity contribution in [3.05, 3.63) is 61.0 Å².